The SMILES string of the molecule is CCCCC1CC=C([C@H]2C=C[C@](O)(c3cc(F)c(F)c(F)c3)CC2)CC1. The molecule has 2 aliphatic carbocycles. The Bertz CT molecular complexity index is 686. The lowest BCUT2D eigenvalue weighted by Crippen LogP contribution is -2.28. The summed E-state index contributed by atoms with van der Waals surface area (Å²) in [5.41, 5.74) is 0.0403. The van der Waals surface area contributed by atoms with E-state index in [1.54, 1.807) is 6.08 Å². The first-order chi connectivity index (χ1) is 12.4. The Morgan fingerprint density at radius 3 is 2.42 bits per heavy atom. The van der Waals surface area contributed by atoms with Gasteiger partial charge >= 0.3 is 0 Å². The third kappa shape index (κ3) is 4.06. The van der Waals surface area contributed by atoms with E-state index in [2.05, 4.69) is 13.0 Å². The van der Waals surface area contributed by atoms with Crippen LogP contribution in [0.1, 0.15) is 63.9 Å². The fourth-order valence-corrected chi connectivity index (χ4v) is 4.19. The van der Waals surface area contributed by atoms with Gasteiger partial charge < -0.3 is 5.11 Å². The van der Waals surface area contributed by atoms with Gasteiger partial charge in [-0.05, 0) is 61.6 Å². The van der Waals surface area contributed by atoms with E-state index in [1.807, 2.05) is 6.08 Å². The number of unbranched alkanes of at least 4 members (excludes halogenated alkanes) is 1. The quantitative estimate of drug-likeness (QED) is 0.489. The summed E-state index contributed by atoms with van der Waals surface area (Å²) < 4.78 is 40.2. The maximum absolute atomic E-state index is 13.5. The number of rotatable bonds is 5. The summed E-state index contributed by atoms with van der Waals surface area (Å²) in [4.78, 5) is 0. The van der Waals surface area contributed by atoms with Crippen LogP contribution in [0, 0.1) is 29.3 Å². The largest absolute Gasteiger partial charge is 0.381 e. The average Bonchev–Trinajstić information content (AvgIpc) is 2.65. The predicted molar refractivity (Wildman–Crippen MR) is 97.0 cm³/mol. The van der Waals surface area contributed by atoms with E-state index in [9.17, 15) is 18.3 Å². The van der Waals surface area contributed by atoms with Crippen molar-refractivity contribution >= 4 is 0 Å². The third-order valence-electron chi connectivity index (χ3n) is 5.92. The van der Waals surface area contributed by atoms with Gasteiger partial charge in [0.2, 0.25) is 0 Å². The van der Waals surface area contributed by atoms with Crippen LogP contribution in [0.2, 0.25) is 0 Å². The highest BCUT2D eigenvalue weighted by Gasteiger charge is 2.33. The van der Waals surface area contributed by atoms with Crippen molar-refractivity contribution in [1.82, 2.24) is 0 Å². The second-order valence-electron chi connectivity index (χ2n) is 7.74. The van der Waals surface area contributed by atoms with E-state index in [-0.39, 0.29) is 11.5 Å². The highest BCUT2D eigenvalue weighted by atomic mass is 19.2. The van der Waals surface area contributed by atoms with Crippen molar-refractivity contribution in [2.45, 2.75) is 63.9 Å². The van der Waals surface area contributed by atoms with Crippen molar-refractivity contribution in [3.05, 3.63) is 58.9 Å². The molecule has 0 amide bonds. The molecule has 1 nitrogen and oxygen atoms in total. The molecule has 3 rings (SSSR count). The molecule has 1 aromatic rings. The Morgan fingerprint density at radius 1 is 1.15 bits per heavy atom. The van der Waals surface area contributed by atoms with Gasteiger partial charge in [-0.25, -0.2) is 13.2 Å². The minimum atomic E-state index is -1.50. The first-order valence-corrected chi connectivity index (χ1v) is 9.68. The number of aliphatic hydroxyl groups is 1. The molecule has 3 atom stereocenters. The van der Waals surface area contributed by atoms with Crippen LogP contribution in [-0.4, -0.2) is 5.11 Å². The molecule has 0 aromatic heterocycles. The number of allylic oxidation sites excluding steroid dienone is 3. The summed E-state index contributed by atoms with van der Waals surface area (Å²) in [6, 6.07) is 1.78. The van der Waals surface area contributed by atoms with Crippen LogP contribution in [0.25, 0.3) is 0 Å². The minimum absolute atomic E-state index is 0.0702. The maximum Gasteiger partial charge on any atom is 0.194 e. The van der Waals surface area contributed by atoms with Crippen LogP contribution in [-0.2, 0) is 5.60 Å². The second-order valence-corrected chi connectivity index (χ2v) is 7.74. The zero-order chi connectivity index (χ0) is 18.7. The molecule has 1 N–H and O–H groups in total. The molecule has 0 bridgehead atoms. The zero-order valence-electron chi connectivity index (χ0n) is 15.3. The van der Waals surface area contributed by atoms with Crippen molar-refractivity contribution < 1.29 is 18.3 Å². The normalized spacial score (nSPS) is 28.9. The molecule has 0 spiro atoms. The zero-order valence-corrected chi connectivity index (χ0v) is 15.3. The lowest BCUT2D eigenvalue weighted by atomic mass is 9.74. The monoisotopic (exact) mass is 364 g/mol. The Balaban J connectivity index is 1.69. The third-order valence-corrected chi connectivity index (χ3v) is 5.92. The van der Waals surface area contributed by atoms with Crippen molar-refractivity contribution in [2.75, 3.05) is 0 Å². The van der Waals surface area contributed by atoms with E-state index in [1.165, 1.54) is 31.3 Å². The van der Waals surface area contributed by atoms with Crippen LogP contribution < -0.4 is 0 Å². The summed E-state index contributed by atoms with van der Waals surface area (Å²) >= 11 is 0. The molecule has 4 heteroatoms. The summed E-state index contributed by atoms with van der Waals surface area (Å²) in [5.74, 6) is -2.97. The maximum atomic E-state index is 13.5. The molecule has 0 aliphatic heterocycles. The Labute approximate surface area is 153 Å². The molecule has 0 saturated heterocycles. The first kappa shape index (κ1) is 19.2. The number of hydrogen-bond acceptors (Lipinski definition) is 1. The molecular weight excluding hydrogens is 337 g/mol. The summed E-state index contributed by atoms with van der Waals surface area (Å²) in [5, 5.41) is 10.8. The fraction of sp³-hybridized carbons (Fsp3) is 0.545. The molecule has 0 fully saturated rings. The van der Waals surface area contributed by atoms with Crippen LogP contribution in [0.3, 0.4) is 0 Å². The second kappa shape index (κ2) is 7.99. The topological polar surface area (TPSA) is 20.2 Å². The van der Waals surface area contributed by atoms with Crippen molar-refractivity contribution in [3.8, 4) is 0 Å². The van der Waals surface area contributed by atoms with Gasteiger partial charge in [-0.1, -0.05) is 50.0 Å². The number of hydrogen-bond donors (Lipinski definition) is 1. The Hall–Kier alpha value is -1.55. The van der Waals surface area contributed by atoms with E-state index < -0.39 is 23.1 Å². The van der Waals surface area contributed by atoms with E-state index in [0.29, 0.717) is 6.42 Å². The smallest absolute Gasteiger partial charge is 0.194 e. The molecule has 0 radical (unpaired) electrons. The number of halogens is 3. The Kier molecular flexibility index (Phi) is 5.91. The molecule has 2 aliphatic rings. The van der Waals surface area contributed by atoms with Crippen LogP contribution >= 0.6 is 0 Å². The van der Waals surface area contributed by atoms with Crippen molar-refractivity contribution in [2.24, 2.45) is 11.8 Å². The first-order valence-electron chi connectivity index (χ1n) is 9.68. The Morgan fingerprint density at radius 2 is 1.88 bits per heavy atom. The number of benzene rings is 1. The molecule has 26 heavy (non-hydrogen) atoms. The van der Waals surface area contributed by atoms with Crippen molar-refractivity contribution in [3.63, 3.8) is 0 Å². The van der Waals surface area contributed by atoms with Gasteiger partial charge in [-0.3, -0.25) is 0 Å². The molecule has 0 heterocycles. The molecule has 1 aromatic carbocycles. The van der Waals surface area contributed by atoms with Gasteiger partial charge in [0.1, 0.15) is 5.60 Å². The standard InChI is InChI=1S/C22H27F3O/c1-2-3-4-15-5-7-16(8-6-15)17-9-11-22(26,12-10-17)18-13-19(23)21(25)20(24)14-18/h7,9,11,13-15,17,26H,2-6,8,10,12H2,1H3/t15?,17-,22+/m0/s1. The lowest BCUT2D eigenvalue weighted by molar-refractivity contribution is 0.0670. The van der Waals surface area contributed by atoms with Crippen LogP contribution in [0.5, 0.6) is 0 Å². The van der Waals surface area contributed by atoms with Gasteiger partial charge in [0.15, 0.2) is 17.5 Å². The van der Waals surface area contributed by atoms with Gasteiger partial charge in [-0.15, -0.1) is 0 Å². The van der Waals surface area contributed by atoms with Crippen LogP contribution in [0.4, 0.5) is 13.2 Å². The summed E-state index contributed by atoms with van der Waals surface area (Å²) in [7, 11) is 0. The van der Waals surface area contributed by atoms with E-state index in [0.717, 1.165) is 37.3 Å². The molecule has 1 unspecified atom stereocenters. The molecular formula is C22H27F3O. The van der Waals surface area contributed by atoms with Crippen molar-refractivity contribution in [1.29, 1.82) is 0 Å². The van der Waals surface area contributed by atoms with Gasteiger partial charge in [0, 0.05) is 0 Å². The molecule has 142 valence electrons. The van der Waals surface area contributed by atoms with E-state index >= 15 is 0 Å². The minimum Gasteiger partial charge on any atom is -0.381 e. The van der Waals surface area contributed by atoms with Crippen LogP contribution in [0.15, 0.2) is 35.9 Å². The lowest BCUT2D eigenvalue weighted by Gasteiger charge is -2.34. The van der Waals surface area contributed by atoms with Gasteiger partial charge in [0.25, 0.3) is 0 Å². The summed E-state index contributed by atoms with van der Waals surface area (Å²) in [6.07, 6.45) is 14.3. The van der Waals surface area contributed by atoms with Gasteiger partial charge in [0.05, 0.1) is 0 Å². The highest BCUT2D eigenvalue weighted by Crippen LogP contribution is 2.40. The summed E-state index contributed by atoms with van der Waals surface area (Å²) in [6.45, 7) is 2.22. The van der Waals surface area contributed by atoms with Gasteiger partial charge in [-0.2, -0.15) is 0 Å². The fourth-order valence-electron chi connectivity index (χ4n) is 4.19. The average molecular weight is 364 g/mol. The highest BCUT2D eigenvalue weighted by molar-refractivity contribution is 5.32. The molecule has 0 saturated carbocycles. The predicted octanol–water partition coefficient (Wildman–Crippen LogP) is 6.17. The van der Waals surface area contributed by atoms with E-state index in [4.69, 9.17) is 0 Å².